The van der Waals surface area contributed by atoms with Gasteiger partial charge in [-0.25, -0.2) is 4.68 Å². The lowest BCUT2D eigenvalue weighted by Crippen LogP contribution is -2.22. The Kier molecular flexibility index (Phi) is 5.81. The van der Waals surface area contributed by atoms with Crippen LogP contribution in [0, 0.1) is 0 Å². The zero-order valence-corrected chi connectivity index (χ0v) is 12.5. The number of nitrogens with one attached hydrogen (secondary N) is 1. The second kappa shape index (κ2) is 7.85. The second-order valence-corrected chi connectivity index (χ2v) is 5.17. The zero-order chi connectivity index (χ0) is 14.2. The number of benzene rings is 1. The van der Waals surface area contributed by atoms with Crippen LogP contribution in [-0.2, 0) is 0 Å². The predicted molar refractivity (Wildman–Crippen MR) is 84.1 cm³/mol. The van der Waals surface area contributed by atoms with Crippen LogP contribution in [0.5, 0.6) is 0 Å². The molecule has 0 bridgehead atoms. The summed E-state index contributed by atoms with van der Waals surface area (Å²) in [6.45, 7) is 5.48. The third-order valence-corrected chi connectivity index (χ3v) is 3.47. The van der Waals surface area contributed by atoms with Gasteiger partial charge in [0.25, 0.3) is 0 Å². The summed E-state index contributed by atoms with van der Waals surface area (Å²) in [6, 6.07) is 12.8. The first-order valence-electron chi connectivity index (χ1n) is 7.69. The highest BCUT2D eigenvalue weighted by Crippen LogP contribution is 2.19. The number of para-hydroxylation sites is 1. The largest absolute Gasteiger partial charge is 0.309 e. The first-order valence-corrected chi connectivity index (χ1v) is 7.69. The van der Waals surface area contributed by atoms with Crippen molar-refractivity contribution < 1.29 is 0 Å². The van der Waals surface area contributed by atoms with Gasteiger partial charge in [-0.05, 0) is 37.6 Å². The summed E-state index contributed by atoms with van der Waals surface area (Å²) < 4.78 is 1.96. The van der Waals surface area contributed by atoms with Crippen LogP contribution in [0.3, 0.4) is 0 Å². The standard InChI is InChI=1S/C17H25N3/c1-3-5-11-16(18-13-4-2)17-12-14-20(19-17)15-9-7-6-8-10-15/h6-10,12,14,16,18H,3-5,11,13H2,1-2H3. The van der Waals surface area contributed by atoms with E-state index in [-0.39, 0.29) is 0 Å². The molecule has 0 spiro atoms. The maximum Gasteiger partial charge on any atom is 0.0798 e. The van der Waals surface area contributed by atoms with Gasteiger partial charge in [0.1, 0.15) is 0 Å². The highest BCUT2D eigenvalue weighted by atomic mass is 15.3. The van der Waals surface area contributed by atoms with Gasteiger partial charge in [-0.2, -0.15) is 5.10 Å². The number of unbranched alkanes of at least 4 members (excludes halogenated alkanes) is 1. The van der Waals surface area contributed by atoms with Crippen molar-refractivity contribution in [2.24, 2.45) is 0 Å². The predicted octanol–water partition coefficient (Wildman–Crippen LogP) is 4.10. The molecule has 3 nitrogen and oxygen atoms in total. The van der Waals surface area contributed by atoms with Gasteiger partial charge in [0.05, 0.1) is 17.4 Å². The van der Waals surface area contributed by atoms with E-state index in [4.69, 9.17) is 5.10 Å². The van der Waals surface area contributed by atoms with Crippen molar-refractivity contribution in [3.63, 3.8) is 0 Å². The Morgan fingerprint density at radius 1 is 1.10 bits per heavy atom. The normalized spacial score (nSPS) is 12.5. The maximum atomic E-state index is 4.74. The van der Waals surface area contributed by atoms with Gasteiger partial charge < -0.3 is 5.32 Å². The van der Waals surface area contributed by atoms with Gasteiger partial charge in [-0.3, -0.25) is 0 Å². The smallest absolute Gasteiger partial charge is 0.0798 e. The van der Waals surface area contributed by atoms with E-state index < -0.39 is 0 Å². The van der Waals surface area contributed by atoms with Gasteiger partial charge >= 0.3 is 0 Å². The molecule has 1 aromatic carbocycles. The lowest BCUT2D eigenvalue weighted by Gasteiger charge is -2.16. The van der Waals surface area contributed by atoms with Crippen molar-refractivity contribution in [1.29, 1.82) is 0 Å². The van der Waals surface area contributed by atoms with Crippen LogP contribution in [0.2, 0.25) is 0 Å². The molecule has 1 aromatic heterocycles. The van der Waals surface area contributed by atoms with Crippen molar-refractivity contribution in [2.45, 2.75) is 45.6 Å². The molecule has 1 atom stereocenters. The summed E-state index contributed by atoms with van der Waals surface area (Å²) in [5.74, 6) is 0. The van der Waals surface area contributed by atoms with Gasteiger partial charge in [-0.15, -0.1) is 0 Å². The Balaban J connectivity index is 2.11. The number of nitrogens with zero attached hydrogens (tertiary/aromatic N) is 2. The fraction of sp³-hybridized carbons (Fsp3) is 0.471. The molecule has 3 heteroatoms. The molecule has 0 saturated carbocycles. The molecule has 108 valence electrons. The summed E-state index contributed by atoms with van der Waals surface area (Å²) in [7, 11) is 0. The van der Waals surface area contributed by atoms with E-state index >= 15 is 0 Å². The molecule has 2 aromatic rings. The second-order valence-electron chi connectivity index (χ2n) is 5.17. The Labute approximate surface area is 122 Å². The van der Waals surface area contributed by atoms with E-state index in [1.165, 1.54) is 12.8 Å². The molecule has 2 rings (SSSR count). The third-order valence-electron chi connectivity index (χ3n) is 3.47. The van der Waals surface area contributed by atoms with Gasteiger partial charge in [0.2, 0.25) is 0 Å². The molecule has 0 aliphatic carbocycles. The Hall–Kier alpha value is -1.61. The van der Waals surface area contributed by atoms with E-state index in [1.807, 2.05) is 22.9 Å². The molecule has 1 heterocycles. The molecule has 0 aliphatic rings. The average molecular weight is 271 g/mol. The number of hydrogen-bond acceptors (Lipinski definition) is 2. The van der Waals surface area contributed by atoms with Crippen molar-refractivity contribution in [2.75, 3.05) is 6.54 Å². The fourth-order valence-corrected chi connectivity index (χ4v) is 2.33. The molecule has 0 amide bonds. The maximum absolute atomic E-state index is 4.74. The first kappa shape index (κ1) is 14.8. The minimum absolute atomic E-state index is 0.375. The zero-order valence-electron chi connectivity index (χ0n) is 12.5. The monoisotopic (exact) mass is 271 g/mol. The van der Waals surface area contributed by atoms with E-state index in [0.717, 1.165) is 30.8 Å². The summed E-state index contributed by atoms with van der Waals surface area (Å²) >= 11 is 0. The van der Waals surface area contributed by atoms with Crippen LogP contribution in [0.15, 0.2) is 42.6 Å². The van der Waals surface area contributed by atoms with Crippen molar-refractivity contribution in [3.8, 4) is 5.69 Å². The van der Waals surface area contributed by atoms with Crippen molar-refractivity contribution >= 4 is 0 Å². The van der Waals surface area contributed by atoms with Crippen molar-refractivity contribution in [3.05, 3.63) is 48.3 Å². The topological polar surface area (TPSA) is 29.9 Å². The molecular weight excluding hydrogens is 246 g/mol. The SMILES string of the molecule is CCCCC(NCCC)c1ccn(-c2ccccc2)n1. The van der Waals surface area contributed by atoms with Crippen LogP contribution in [-0.4, -0.2) is 16.3 Å². The number of aromatic nitrogens is 2. The lowest BCUT2D eigenvalue weighted by atomic mass is 10.1. The van der Waals surface area contributed by atoms with Crippen LogP contribution in [0.1, 0.15) is 51.3 Å². The van der Waals surface area contributed by atoms with Gasteiger partial charge in [0, 0.05) is 6.20 Å². The van der Waals surface area contributed by atoms with E-state index in [1.54, 1.807) is 0 Å². The molecule has 0 fully saturated rings. The van der Waals surface area contributed by atoms with E-state index in [2.05, 4.69) is 43.6 Å². The lowest BCUT2D eigenvalue weighted by molar-refractivity contribution is 0.469. The van der Waals surface area contributed by atoms with E-state index in [9.17, 15) is 0 Å². The Morgan fingerprint density at radius 2 is 1.90 bits per heavy atom. The van der Waals surface area contributed by atoms with Crippen LogP contribution >= 0.6 is 0 Å². The summed E-state index contributed by atoms with van der Waals surface area (Å²) in [5, 5.41) is 8.35. The first-order chi connectivity index (χ1) is 9.85. The third kappa shape index (κ3) is 3.94. The molecule has 1 unspecified atom stereocenters. The molecule has 1 N–H and O–H groups in total. The molecular formula is C17H25N3. The summed E-state index contributed by atoms with van der Waals surface area (Å²) in [4.78, 5) is 0. The average Bonchev–Trinajstić information content (AvgIpc) is 2.98. The van der Waals surface area contributed by atoms with Crippen LogP contribution < -0.4 is 5.32 Å². The Bertz CT molecular complexity index is 482. The van der Waals surface area contributed by atoms with Gasteiger partial charge in [0.15, 0.2) is 0 Å². The molecule has 20 heavy (non-hydrogen) atoms. The van der Waals surface area contributed by atoms with Crippen LogP contribution in [0.25, 0.3) is 5.69 Å². The van der Waals surface area contributed by atoms with Gasteiger partial charge in [-0.1, -0.05) is 44.9 Å². The number of hydrogen-bond donors (Lipinski definition) is 1. The van der Waals surface area contributed by atoms with Crippen LogP contribution in [0.4, 0.5) is 0 Å². The highest BCUT2D eigenvalue weighted by Gasteiger charge is 2.13. The number of rotatable bonds is 8. The quantitative estimate of drug-likeness (QED) is 0.783. The highest BCUT2D eigenvalue weighted by molar-refractivity contribution is 5.30. The minimum Gasteiger partial charge on any atom is -0.309 e. The minimum atomic E-state index is 0.375. The van der Waals surface area contributed by atoms with E-state index in [0.29, 0.717) is 6.04 Å². The fourth-order valence-electron chi connectivity index (χ4n) is 2.33. The molecule has 0 saturated heterocycles. The Morgan fingerprint density at radius 3 is 2.60 bits per heavy atom. The molecule has 0 aliphatic heterocycles. The summed E-state index contributed by atoms with van der Waals surface area (Å²) in [5.41, 5.74) is 2.26. The van der Waals surface area contributed by atoms with Crippen molar-refractivity contribution in [1.82, 2.24) is 15.1 Å². The summed E-state index contributed by atoms with van der Waals surface area (Å²) in [6.07, 6.45) is 6.82. The molecule has 0 radical (unpaired) electrons.